The van der Waals surface area contributed by atoms with Gasteiger partial charge in [-0.2, -0.15) is 0 Å². The van der Waals surface area contributed by atoms with Crippen molar-refractivity contribution in [1.82, 2.24) is 9.88 Å². The van der Waals surface area contributed by atoms with Crippen molar-refractivity contribution in [1.29, 1.82) is 0 Å². The number of pyridine rings is 1. The molecule has 2 N–H and O–H groups in total. The SMILES string of the molecule is CCN(Cc1cccnc1OC)C1CCCCC1CN. The Hall–Kier alpha value is -1.13. The van der Waals surface area contributed by atoms with Crippen molar-refractivity contribution in [2.75, 3.05) is 20.2 Å². The molecule has 1 saturated carbocycles. The van der Waals surface area contributed by atoms with Gasteiger partial charge in [-0.1, -0.05) is 25.8 Å². The molecule has 1 heterocycles. The molecular formula is C16H27N3O. The highest BCUT2D eigenvalue weighted by Gasteiger charge is 2.28. The lowest BCUT2D eigenvalue weighted by molar-refractivity contribution is 0.104. The van der Waals surface area contributed by atoms with Crippen molar-refractivity contribution in [3.05, 3.63) is 23.9 Å². The number of hydrogen-bond acceptors (Lipinski definition) is 4. The molecule has 2 atom stereocenters. The van der Waals surface area contributed by atoms with Gasteiger partial charge in [0, 0.05) is 24.3 Å². The molecule has 1 aromatic heterocycles. The van der Waals surface area contributed by atoms with Crippen molar-refractivity contribution in [3.63, 3.8) is 0 Å². The Morgan fingerprint density at radius 3 is 2.90 bits per heavy atom. The first kappa shape index (κ1) is 15.3. The molecule has 1 fully saturated rings. The fraction of sp³-hybridized carbons (Fsp3) is 0.688. The summed E-state index contributed by atoms with van der Waals surface area (Å²) in [5.41, 5.74) is 7.14. The maximum atomic E-state index is 5.97. The van der Waals surface area contributed by atoms with Crippen molar-refractivity contribution < 1.29 is 4.74 Å². The first-order chi connectivity index (χ1) is 9.80. The molecule has 0 amide bonds. The summed E-state index contributed by atoms with van der Waals surface area (Å²) in [5, 5.41) is 0. The molecule has 4 nitrogen and oxygen atoms in total. The summed E-state index contributed by atoms with van der Waals surface area (Å²) in [6, 6.07) is 4.69. The molecule has 4 heteroatoms. The van der Waals surface area contributed by atoms with Gasteiger partial charge in [-0.25, -0.2) is 4.98 Å². The Balaban J connectivity index is 2.11. The van der Waals surface area contributed by atoms with E-state index in [9.17, 15) is 0 Å². The molecule has 0 spiro atoms. The summed E-state index contributed by atoms with van der Waals surface area (Å²) in [6.45, 7) is 4.96. The predicted molar refractivity (Wildman–Crippen MR) is 81.7 cm³/mol. The summed E-state index contributed by atoms with van der Waals surface area (Å²) < 4.78 is 5.37. The lowest BCUT2D eigenvalue weighted by atomic mass is 9.83. The molecular weight excluding hydrogens is 250 g/mol. The molecule has 1 aliphatic carbocycles. The monoisotopic (exact) mass is 277 g/mol. The van der Waals surface area contributed by atoms with Crippen LogP contribution in [0, 0.1) is 5.92 Å². The third kappa shape index (κ3) is 3.49. The minimum Gasteiger partial charge on any atom is -0.481 e. The zero-order valence-corrected chi connectivity index (χ0v) is 12.7. The van der Waals surface area contributed by atoms with Gasteiger partial charge in [-0.3, -0.25) is 4.90 Å². The third-order valence-electron chi connectivity index (χ3n) is 4.46. The van der Waals surface area contributed by atoms with Crippen LogP contribution >= 0.6 is 0 Å². The van der Waals surface area contributed by atoms with E-state index in [-0.39, 0.29) is 0 Å². The predicted octanol–water partition coefficient (Wildman–Crippen LogP) is 2.43. The first-order valence-electron chi connectivity index (χ1n) is 7.72. The second-order valence-corrected chi connectivity index (χ2v) is 5.58. The fourth-order valence-electron chi connectivity index (χ4n) is 3.35. The van der Waals surface area contributed by atoms with E-state index in [0.29, 0.717) is 12.0 Å². The molecule has 0 aliphatic heterocycles. The van der Waals surface area contributed by atoms with Gasteiger partial charge in [0.1, 0.15) is 0 Å². The maximum absolute atomic E-state index is 5.97. The second kappa shape index (κ2) is 7.60. The highest BCUT2D eigenvalue weighted by Crippen LogP contribution is 2.29. The normalized spacial score (nSPS) is 23.0. The van der Waals surface area contributed by atoms with Gasteiger partial charge >= 0.3 is 0 Å². The molecule has 1 aromatic rings. The van der Waals surface area contributed by atoms with E-state index in [0.717, 1.165) is 31.1 Å². The van der Waals surface area contributed by atoms with Crippen molar-refractivity contribution >= 4 is 0 Å². The largest absolute Gasteiger partial charge is 0.481 e. The zero-order chi connectivity index (χ0) is 14.4. The van der Waals surface area contributed by atoms with E-state index in [1.165, 1.54) is 25.7 Å². The molecule has 0 radical (unpaired) electrons. The van der Waals surface area contributed by atoms with Crippen LogP contribution in [0.25, 0.3) is 0 Å². The van der Waals surface area contributed by atoms with Crippen LogP contribution in [0.4, 0.5) is 0 Å². The van der Waals surface area contributed by atoms with Crippen molar-refractivity contribution in [3.8, 4) is 5.88 Å². The summed E-state index contributed by atoms with van der Waals surface area (Å²) >= 11 is 0. The van der Waals surface area contributed by atoms with E-state index >= 15 is 0 Å². The van der Waals surface area contributed by atoms with Crippen LogP contribution in [0.1, 0.15) is 38.2 Å². The Morgan fingerprint density at radius 2 is 2.20 bits per heavy atom. The maximum Gasteiger partial charge on any atom is 0.217 e. The van der Waals surface area contributed by atoms with Gasteiger partial charge in [-0.05, 0) is 37.9 Å². The summed E-state index contributed by atoms with van der Waals surface area (Å²) in [7, 11) is 1.69. The van der Waals surface area contributed by atoms with Gasteiger partial charge in [0.25, 0.3) is 0 Å². The Labute approximate surface area is 122 Å². The van der Waals surface area contributed by atoms with E-state index in [1.54, 1.807) is 13.3 Å². The number of methoxy groups -OCH3 is 1. The topological polar surface area (TPSA) is 51.4 Å². The number of nitrogens with two attached hydrogens (primary N) is 1. The third-order valence-corrected chi connectivity index (χ3v) is 4.46. The van der Waals surface area contributed by atoms with Gasteiger partial charge in [0.05, 0.1) is 7.11 Å². The summed E-state index contributed by atoms with van der Waals surface area (Å²) in [4.78, 5) is 6.83. The average Bonchev–Trinajstić information content (AvgIpc) is 2.53. The van der Waals surface area contributed by atoms with E-state index < -0.39 is 0 Å². The smallest absolute Gasteiger partial charge is 0.217 e. The molecule has 1 aliphatic rings. The van der Waals surface area contributed by atoms with Crippen LogP contribution < -0.4 is 10.5 Å². The van der Waals surface area contributed by atoms with Crippen molar-refractivity contribution in [2.24, 2.45) is 11.7 Å². The fourth-order valence-corrected chi connectivity index (χ4v) is 3.35. The molecule has 0 bridgehead atoms. The average molecular weight is 277 g/mol. The molecule has 0 aromatic carbocycles. The number of hydrogen-bond donors (Lipinski definition) is 1. The molecule has 0 saturated heterocycles. The zero-order valence-electron chi connectivity index (χ0n) is 12.7. The standard InChI is InChI=1S/C16H27N3O/c1-3-19(15-9-5-4-7-13(15)11-17)12-14-8-6-10-18-16(14)20-2/h6,8,10,13,15H,3-5,7,9,11-12,17H2,1-2H3. The van der Waals surface area contributed by atoms with Crippen LogP contribution in [-0.4, -0.2) is 36.1 Å². The lowest BCUT2D eigenvalue weighted by Gasteiger charge is -2.39. The Morgan fingerprint density at radius 1 is 1.40 bits per heavy atom. The van der Waals surface area contributed by atoms with Crippen LogP contribution in [0.5, 0.6) is 5.88 Å². The first-order valence-corrected chi connectivity index (χ1v) is 7.72. The second-order valence-electron chi connectivity index (χ2n) is 5.58. The van der Waals surface area contributed by atoms with Gasteiger partial charge in [0.15, 0.2) is 0 Å². The highest BCUT2D eigenvalue weighted by atomic mass is 16.5. The molecule has 20 heavy (non-hydrogen) atoms. The number of nitrogens with zero attached hydrogens (tertiary/aromatic N) is 2. The van der Waals surface area contributed by atoms with Crippen LogP contribution in [0.3, 0.4) is 0 Å². The van der Waals surface area contributed by atoms with Crippen LogP contribution in [0.15, 0.2) is 18.3 Å². The Kier molecular flexibility index (Phi) is 5.80. The molecule has 112 valence electrons. The van der Waals surface area contributed by atoms with E-state index in [2.05, 4.69) is 22.9 Å². The summed E-state index contributed by atoms with van der Waals surface area (Å²) in [6.07, 6.45) is 6.95. The minimum atomic E-state index is 0.601. The van der Waals surface area contributed by atoms with Gasteiger partial charge in [-0.15, -0.1) is 0 Å². The Bertz CT molecular complexity index is 410. The van der Waals surface area contributed by atoms with E-state index in [4.69, 9.17) is 10.5 Å². The number of rotatable bonds is 6. The van der Waals surface area contributed by atoms with Crippen molar-refractivity contribution in [2.45, 2.75) is 45.2 Å². The highest BCUT2D eigenvalue weighted by molar-refractivity contribution is 5.25. The number of aromatic nitrogens is 1. The lowest BCUT2D eigenvalue weighted by Crippen LogP contribution is -2.44. The van der Waals surface area contributed by atoms with E-state index in [1.807, 2.05) is 6.07 Å². The summed E-state index contributed by atoms with van der Waals surface area (Å²) in [5.74, 6) is 1.37. The minimum absolute atomic E-state index is 0.601. The molecule has 2 rings (SSSR count). The van der Waals surface area contributed by atoms with Crippen LogP contribution in [0.2, 0.25) is 0 Å². The van der Waals surface area contributed by atoms with Crippen LogP contribution in [-0.2, 0) is 6.54 Å². The quantitative estimate of drug-likeness (QED) is 0.867. The van der Waals surface area contributed by atoms with Gasteiger partial charge in [0.2, 0.25) is 5.88 Å². The molecule has 2 unspecified atom stereocenters. The van der Waals surface area contributed by atoms with Gasteiger partial charge < -0.3 is 10.5 Å². The number of ether oxygens (including phenoxy) is 1.